The van der Waals surface area contributed by atoms with Crippen molar-refractivity contribution in [1.82, 2.24) is 4.98 Å². The van der Waals surface area contributed by atoms with Crippen LogP contribution in [0.15, 0.2) is 41.1 Å². The summed E-state index contributed by atoms with van der Waals surface area (Å²) in [4.78, 5) is 15.4. The number of carbonyl (C=O) groups excluding carboxylic acids is 1. The minimum Gasteiger partial charge on any atom is -0.465 e. The highest BCUT2D eigenvalue weighted by molar-refractivity contribution is 9.10. The lowest BCUT2D eigenvalue weighted by molar-refractivity contribution is 0.0601. The molecule has 0 aliphatic rings. The fourth-order valence-electron chi connectivity index (χ4n) is 1.55. The summed E-state index contributed by atoms with van der Waals surface area (Å²) in [6.45, 7) is 0. The number of halogens is 2. The van der Waals surface area contributed by atoms with E-state index < -0.39 is 5.97 Å². The molecule has 0 aliphatic heterocycles. The number of hydrogen-bond acceptors (Lipinski definition) is 3. The fourth-order valence-corrected chi connectivity index (χ4v) is 2.21. The summed E-state index contributed by atoms with van der Waals surface area (Å²) in [6, 6.07) is 6.95. The molecular weight excluding hydrogens is 318 g/mol. The molecule has 1 aromatic heterocycles. The molecule has 5 heteroatoms. The molecule has 0 saturated carbocycles. The molecule has 1 aromatic carbocycles. The first-order valence-corrected chi connectivity index (χ1v) is 6.27. The van der Waals surface area contributed by atoms with Gasteiger partial charge in [0, 0.05) is 33.0 Å². The standard InChI is InChI=1S/C13H9BrClNO2/c1-18-13(17)8-2-3-11(12(15)5-8)9-4-10(14)7-16-6-9/h2-7H,1H3. The van der Waals surface area contributed by atoms with Gasteiger partial charge in [0.1, 0.15) is 0 Å². The molecule has 2 rings (SSSR count). The van der Waals surface area contributed by atoms with E-state index >= 15 is 0 Å². The smallest absolute Gasteiger partial charge is 0.337 e. The van der Waals surface area contributed by atoms with Gasteiger partial charge in [-0.15, -0.1) is 0 Å². The number of aromatic nitrogens is 1. The Balaban J connectivity index is 2.45. The summed E-state index contributed by atoms with van der Waals surface area (Å²) < 4.78 is 5.51. The van der Waals surface area contributed by atoms with Crippen LogP contribution in [-0.2, 0) is 4.74 Å². The van der Waals surface area contributed by atoms with Gasteiger partial charge in [-0.25, -0.2) is 4.79 Å². The number of carbonyl (C=O) groups is 1. The molecule has 0 amide bonds. The van der Waals surface area contributed by atoms with E-state index in [9.17, 15) is 4.79 Å². The molecule has 0 fully saturated rings. The average molecular weight is 327 g/mol. The number of benzene rings is 1. The molecule has 0 unspecified atom stereocenters. The van der Waals surface area contributed by atoms with Crippen molar-refractivity contribution in [3.05, 3.63) is 51.7 Å². The Morgan fingerprint density at radius 1 is 1.33 bits per heavy atom. The van der Waals surface area contributed by atoms with Crippen LogP contribution in [0.5, 0.6) is 0 Å². The maximum atomic E-state index is 11.4. The Hall–Kier alpha value is -1.39. The lowest BCUT2D eigenvalue weighted by atomic mass is 10.1. The SMILES string of the molecule is COC(=O)c1ccc(-c2cncc(Br)c2)c(Cl)c1. The normalized spacial score (nSPS) is 10.2. The molecule has 18 heavy (non-hydrogen) atoms. The monoisotopic (exact) mass is 325 g/mol. The van der Waals surface area contributed by atoms with E-state index in [1.54, 1.807) is 30.6 Å². The quantitative estimate of drug-likeness (QED) is 0.784. The Morgan fingerprint density at radius 2 is 2.11 bits per heavy atom. The Kier molecular flexibility index (Phi) is 3.99. The highest BCUT2D eigenvalue weighted by Gasteiger charge is 2.10. The highest BCUT2D eigenvalue weighted by Crippen LogP contribution is 2.29. The van der Waals surface area contributed by atoms with Crippen molar-refractivity contribution in [2.24, 2.45) is 0 Å². The Bertz CT molecular complexity index is 601. The Morgan fingerprint density at radius 3 is 2.72 bits per heavy atom. The van der Waals surface area contributed by atoms with Gasteiger partial charge in [0.2, 0.25) is 0 Å². The van der Waals surface area contributed by atoms with Crippen molar-refractivity contribution in [1.29, 1.82) is 0 Å². The van der Waals surface area contributed by atoms with Crippen molar-refractivity contribution in [2.45, 2.75) is 0 Å². The van der Waals surface area contributed by atoms with Crippen LogP contribution < -0.4 is 0 Å². The third-order valence-electron chi connectivity index (χ3n) is 2.41. The van der Waals surface area contributed by atoms with Gasteiger partial charge in [-0.2, -0.15) is 0 Å². The third kappa shape index (κ3) is 2.71. The van der Waals surface area contributed by atoms with Crippen molar-refractivity contribution in [3.8, 4) is 11.1 Å². The van der Waals surface area contributed by atoms with E-state index in [0.29, 0.717) is 10.6 Å². The number of rotatable bonds is 2. The van der Waals surface area contributed by atoms with Gasteiger partial charge in [-0.1, -0.05) is 17.7 Å². The molecule has 0 radical (unpaired) electrons. The topological polar surface area (TPSA) is 39.2 Å². The van der Waals surface area contributed by atoms with Crippen LogP contribution in [0, 0.1) is 0 Å². The fraction of sp³-hybridized carbons (Fsp3) is 0.0769. The lowest BCUT2D eigenvalue weighted by Gasteiger charge is -2.06. The highest BCUT2D eigenvalue weighted by atomic mass is 79.9. The number of nitrogens with zero attached hydrogens (tertiary/aromatic N) is 1. The first kappa shape index (κ1) is 13.1. The molecule has 2 aromatic rings. The third-order valence-corrected chi connectivity index (χ3v) is 3.15. The van der Waals surface area contributed by atoms with Gasteiger partial charge in [0.05, 0.1) is 12.7 Å². The van der Waals surface area contributed by atoms with E-state index in [1.165, 1.54) is 7.11 Å². The molecule has 0 atom stereocenters. The van der Waals surface area contributed by atoms with Gasteiger partial charge in [0.15, 0.2) is 0 Å². The maximum absolute atomic E-state index is 11.4. The molecule has 0 aliphatic carbocycles. The van der Waals surface area contributed by atoms with Crippen LogP contribution in [0.4, 0.5) is 0 Å². The van der Waals surface area contributed by atoms with Crippen LogP contribution in [0.1, 0.15) is 10.4 Å². The zero-order valence-corrected chi connectivity index (χ0v) is 11.8. The Labute approximate surface area is 118 Å². The minimum atomic E-state index is -0.407. The van der Waals surface area contributed by atoms with E-state index in [2.05, 4.69) is 25.7 Å². The number of hydrogen-bond donors (Lipinski definition) is 0. The van der Waals surface area contributed by atoms with Gasteiger partial charge in [-0.05, 0) is 34.1 Å². The van der Waals surface area contributed by atoms with Crippen molar-refractivity contribution >= 4 is 33.5 Å². The van der Waals surface area contributed by atoms with E-state index in [-0.39, 0.29) is 0 Å². The number of methoxy groups -OCH3 is 1. The molecule has 1 heterocycles. The molecule has 3 nitrogen and oxygen atoms in total. The summed E-state index contributed by atoms with van der Waals surface area (Å²) in [7, 11) is 1.34. The van der Waals surface area contributed by atoms with E-state index in [1.807, 2.05) is 6.07 Å². The predicted molar refractivity (Wildman–Crippen MR) is 73.7 cm³/mol. The van der Waals surface area contributed by atoms with Crippen molar-refractivity contribution < 1.29 is 9.53 Å². The molecule has 0 bridgehead atoms. The van der Waals surface area contributed by atoms with Crippen molar-refractivity contribution in [3.63, 3.8) is 0 Å². The molecular formula is C13H9BrClNO2. The van der Waals surface area contributed by atoms with Gasteiger partial charge in [-0.3, -0.25) is 4.98 Å². The first-order chi connectivity index (χ1) is 8.61. The first-order valence-electron chi connectivity index (χ1n) is 5.10. The summed E-state index contributed by atoms with van der Waals surface area (Å²) in [5.41, 5.74) is 2.12. The number of pyridine rings is 1. The summed E-state index contributed by atoms with van der Waals surface area (Å²) in [5.74, 6) is -0.407. The van der Waals surface area contributed by atoms with E-state index in [4.69, 9.17) is 11.6 Å². The minimum absolute atomic E-state index is 0.407. The van der Waals surface area contributed by atoms with Crippen LogP contribution in [0.25, 0.3) is 11.1 Å². The van der Waals surface area contributed by atoms with Gasteiger partial charge >= 0.3 is 5.97 Å². The average Bonchev–Trinajstić information content (AvgIpc) is 2.37. The zero-order valence-electron chi connectivity index (χ0n) is 9.48. The second-order valence-corrected chi connectivity index (χ2v) is 4.90. The largest absolute Gasteiger partial charge is 0.465 e. The molecule has 0 spiro atoms. The van der Waals surface area contributed by atoms with Crippen LogP contribution in [0.3, 0.4) is 0 Å². The van der Waals surface area contributed by atoms with E-state index in [0.717, 1.165) is 15.6 Å². The van der Waals surface area contributed by atoms with Gasteiger partial charge in [0.25, 0.3) is 0 Å². The van der Waals surface area contributed by atoms with Crippen LogP contribution in [-0.4, -0.2) is 18.1 Å². The van der Waals surface area contributed by atoms with Crippen LogP contribution >= 0.6 is 27.5 Å². The molecule has 92 valence electrons. The second-order valence-electron chi connectivity index (χ2n) is 3.58. The molecule has 0 N–H and O–H groups in total. The van der Waals surface area contributed by atoms with Gasteiger partial charge < -0.3 is 4.74 Å². The lowest BCUT2D eigenvalue weighted by Crippen LogP contribution is -2.00. The predicted octanol–water partition coefficient (Wildman–Crippen LogP) is 3.95. The maximum Gasteiger partial charge on any atom is 0.337 e. The number of esters is 1. The van der Waals surface area contributed by atoms with Crippen molar-refractivity contribution in [2.75, 3.05) is 7.11 Å². The summed E-state index contributed by atoms with van der Waals surface area (Å²) >= 11 is 9.52. The zero-order chi connectivity index (χ0) is 13.1. The summed E-state index contributed by atoms with van der Waals surface area (Å²) in [5, 5.41) is 0.484. The van der Waals surface area contributed by atoms with Crippen LogP contribution in [0.2, 0.25) is 5.02 Å². The second kappa shape index (κ2) is 5.50. The summed E-state index contributed by atoms with van der Waals surface area (Å²) in [6.07, 6.45) is 3.41. The molecule has 0 saturated heterocycles. The number of ether oxygens (including phenoxy) is 1.